The SMILES string of the molecule is CN(CC(=O)NC(C)(C)C)C(=O)[C@@]1(C)CC[C@]2(C)CC[C@]3(C)C(=CC(=O)[C@@H]4[C@@]5(C)CC[C@H](O)C(C)(C)[C@@H]5CC[C@]43C)[C@@H]2C1. The number of allylic oxidation sites excluding steroid dienone is 2. The Morgan fingerprint density at radius 2 is 1.58 bits per heavy atom. The summed E-state index contributed by atoms with van der Waals surface area (Å²) in [5, 5.41) is 14.0. The van der Waals surface area contributed by atoms with Crippen LogP contribution in [0.4, 0.5) is 0 Å². The zero-order chi connectivity index (χ0) is 32.2. The van der Waals surface area contributed by atoms with E-state index in [4.69, 9.17) is 0 Å². The Morgan fingerprint density at radius 1 is 0.953 bits per heavy atom. The monoisotopic (exact) mass is 596 g/mol. The largest absolute Gasteiger partial charge is 0.393 e. The molecule has 2 amide bonds. The van der Waals surface area contributed by atoms with Crippen LogP contribution in [0.1, 0.15) is 127 Å². The second-order valence-corrected chi connectivity index (χ2v) is 18.6. The number of rotatable bonds is 3. The summed E-state index contributed by atoms with van der Waals surface area (Å²) in [4.78, 5) is 42.9. The first-order valence-electron chi connectivity index (χ1n) is 17.0. The van der Waals surface area contributed by atoms with Crippen LogP contribution in [0.2, 0.25) is 0 Å². The van der Waals surface area contributed by atoms with Gasteiger partial charge in [-0.25, -0.2) is 0 Å². The van der Waals surface area contributed by atoms with E-state index in [-0.39, 0.29) is 74.7 Å². The predicted molar refractivity (Wildman–Crippen MR) is 171 cm³/mol. The van der Waals surface area contributed by atoms with Gasteiger partial charge in [0.2, 0.25) is 11.8 Å². The van der Waals surface area contributed by atoms with Crippen molar-refractivity contribution in [2.24, 2.45) is 50.2 Å². The normalized spacial score (nSPS) is 45.5. The van der Waals surface area contributed by atoms with Gasteiger partial charge in [-0.2, -0.15) is 0 Å². The molecule has 0 heterocycles. The molecule has 0 unspecified atom stereocenters. The molecule has 4 fully saturated rings. The number of carbonyl (C=O) groups excluding carboxylic acids is 3. The van der Waals surface area contributed by atoms with Crippen molar-refractivity contribution in [2.75, 3.05) is 13.6 Å². The average Bonchev–Trinajstić information content (AvgIpc) is 2.87. The van der Waals surface area contributed by atoms with Crippen LogP contribution in [0.15, 0.2) is 11.6 Å². The summed E-state index contributed by atoms with van der Waals surface area (Å²) in [6, 6.07) is 0. The molecule has 6 nitrogen and oxygen atoms in total. The highest BCUT2D eigenvalue weighted by Crippen LogP contribution is 2.75. The minimum absolute atomic E-state index is 0.0359. The van der Waals surface area contributed by atoms with Crippen molar-refractivity contribution in [3.05, 3.63) is 11.6 Å². The number of nitrogens with one attached hydrogen (secondary N) is 1. The number of aliphatic hydroxyl groups excluding tert-OH is 1. The first kappa shape index (κ1) is 32.7. The number of hydrogen-bond acceptors (Lipinski definition) is 4. The Bertz CT molecular complexity index is 1230. The highest BCUT2D eigenvalue weighted by Gasteiger charge is 2.70. The highest BCUT2D eigenvalue weighted by atomic mass is 16.3. The Morgan fingerprint density at radius 3 is 2.21 bits per heavy atom. The van der Waals surface area contributed by atoms with E-state index in [2.05, 4.69) is 59.9 Å². The fraction of sp³-hybridized carbons (Fsp3) is 0.865. The molecular formula is C37H60N2O4. The fourth-order valence-electron chi connectivity index (χ4n) is 11.6. The lowest BCUT2D eigenvalue weighted by molar-refractivity contribution is -0.202. The van der Waals surface area contributed by atoms with E-state index in [9.17, 15) is 19.5 Å². The number of amides is 2. The van der Waals surface area contributed by atoms with Crippen molar-refractivity contribution in [3.63, 3.8) is 0 Å². The van der Waals surface area contributed by atoms with E-state index in [1.54, 1.807) is 11.9 Å². The molecule has 0 radical (unpaired) electrons. The van der Waals surface area contributed by atoms with Gasteiger partial charge in [0.1, 0.15) is 0 Å². The summed E-state index contributed by atoms with van der Waals surface area (Å²) in [6.07, 6.45) is 10.1. The maximum atomic E-state index is 14.5. The van der Waals surface area contributed by atoms with Crippen molar-refractivity contribution in [1.29, 1.82) is 0 Å². The molecule has 0 saturated heterocycles. The molecule has 2 N–H and O–H groups in total. The minimum atomic E-state index is -0.575. The van der Waals surface area contributed by atoms with Crippen LogP contribution in [0, 0.1) is 50.2 Å². The second-order valence-electron chi connectivity index (χ2n) is 18.6. The quantitative estimate of drug-likeness (QED) is 0.380. The standard InChI is InChI=1S/C37H60N2O4/c1-31(2,3)38-28(42)22-39(11)30(43)34(7)17-16-33(6)18-19-36(9)23(24(33)21-34)20-25(40)29-35(8)14-13-27(41)32(4,5)26(35)12-15-37(29,36)10/h20,24,26-27,29,41H,12-19,21-22H2,1-11H3,(H,38,42)/t24-,26-,27-,29+,33+,34-,35-,36+,37+/m0/s1. The average molecular weight is 597 g/mol. The topological polar surface area (TPSA) is 86.7 Å². The summed E-state index contributed by atoms with van der Waals surface area (Å²) in [7, 11) is 1.76. The maximum absolute atomic E-state index is 14.5. The number of carbonyl (C=O) groups is 3. The van der Waals surface area contributed by atoms with Gasteiger partial charge in [0.25, 0.3) is 0 Å². The van der Waals surface area contributed by atoms with Crippen molar-refractivity contribution < 1.29 is 19.5 Å². The number of ketones is 1. The van der Waals surface area contributed by atoms with Crippen LogP contribution >= 0.6 is 0 Å². The molecule has 4 saturated carbocycles. The fourth-order valence-corrected chi connectivity index (χ4v) is 11.6. The third kappa shape index (κ3) is 4.77. The van der Waals surface area contributed by atoms with Gasteiger partial charge in [-0.05, 0) is 124 Å². The van der Waals surface area contributed by atoms with Gasteiger partial charge in [0, 0.05) is 23.9 Å². The molecule has 5 aliphatic rings. The molecular weight excluding hydrogens is 536 g/mol. The summed E-state index contributed by atoms with van der Waals surface area (Å²) < 4.78 is 0. The smallest absolute Gasteiger partial charge is 0.240 e. The van der Waals surface area contributed by atoms with Crippen molar-refractivity contribution in [3.8, 4) is 0 Å². The van der Waals surface area contributed by atoms with E-state index in [1.165, 1.54) is 5.57 Å². The number of hydrogen-bond donors (Lipinski definition) is 2. The molecule has 0 spiro atoms. The molecule has 5 rings (SSSR count). The lowest BCUT2D eigenvalue weighted by atomic mass is 9.33. The molecule has 242 valence electrons. The van der Waals surface area contributed by atoms with E-state index in [0.717, 1.165) is 57.8 Å². The molecule has 43 heavy (non-hydrogen) atoms. The van der Waals surface area contributed by atoms with Crippen molar-refractivity contribution >= 4 is 17.6 Å². The van der Waals surface area contributed by atoms with Crippen LogP contribution in [0.3, 0.4) is 0 Å². The Labute approximate surface area is 261 Å². The van der Waals surface area contributed by atoms with Crippen LogP contribution in [-0.4, -0.2) is 52.8 Å². The van der Waals surface area contributed by atoms with E-state index in [0.29, 0.717) is 5.92 Å². The first-order valence-corrected chi connectivity index (χ1v) is 17.0. The van der Waals surface area contributed by atoms with Crippen LogP contribution in [0.25, 0.3) is 0 Å². The zero-order valence-corrected chi connectivity index (χ0v) is 29.1. The van der Waals surface area contributed by atoms with Gasteiger partial charge in [-0.3, -0.25) is 14.4 Å². The Kier molecular flexibility index (Phi) is 7.53. The number of fused-ring (bicyclic) bond motifs is 7. The summed E-state index contributed by atoms with van der Waals surface area (Å²) in [6.45, 7) is 22.0. The van der Waals surface area contributed by atoms with Gasteiger partial charge >= 0.3 is 0 Å². The van der Waals surface area contributed by atoms with Crippen molar-refractivity contribution in [1.82, 2.24) is 10.2 Å². The van der Waals surface area contributed by atoms with E-state index in [1.807, 2.05) is 20.8 Å². The molecule has 9 atom stereocenters. The minimum Gasteiger partial charge on any atom is -0.393 e. The number of aliphatic hydroxyl groups is 1. The lowest BCUT2D eigenvalue weighted by Crippen LogP contribution is -2.66. The third-order valence-corrected chi connectivity index (χ3v) is 14.3. The van der Waals surface area contributed by atoms with Gasteiger partial charge in [0.05, 0.1) is 12.6 Å². The van der Waals surface area contributed by atoms with Crippen molar-refractivity contribution in [2.45, 2.75) is 139 Å². The van der Waals surface area contributed by atoms with Crippen LogP contribution in [-0.2, 0) is 14.4 Å². The Balaban J connectivity index is 1.48. The summed E-state index contributed by atoms with van der Waals surface area (Å²) in [5.41, 5.74) is -0.154. The van der Waals surface area contributed by atoms with Gasteiger partial charge in [-0.15, -0.1) is 0 Å². The maximum Gasteiger partial charge on any atom is 0.240 e. The van der Waals surface area contributed by atoms with Crippen LogP contribution in [0.5, 0.6) is 0 Å². The van der Waals surface area contributed by atoms with E-state index >= 15 is 0 Å². The highest BCUT2D eigenvalue weighted by molar-refractivity contribution is 5.96. The van der Waals surface area contributed by atoms with Gasteiger partial charge in [0.15, 0.2) is 5.78 Å². The zero-order valence-electron chi connectivity index (χ0n) is 29.1. The molecule has 0 bridgehead atoms. The molecule has 0 aromatic carbocycles. The summed E-state index contributed by atoms with van der Waals surface area (Å²) >= 11 is 0. The molecule has 5 aliphatic carbocycles. The van der Waals surface area contributed by atoms with E-state index < -0.39 is 5.41 Å². The number of nitrogens with zero attached hydrogens (tertiary/aromatic N) is 1. The molecule has 0 aliphatic heterocycles. The van der Waals surface area contributed by atoms with Gasteiger partial charge < -0.3 is 15.3 Å². The Hall–Kier alpha value is -1.69. The summed E-state index contributed by atoms with van der Waals surface area (Å²) in [5.74, 6) is 0.622. The number of likely N-dealkylation sites (N-methyl/N-ethyl adjacent to an activating group) is 1. The first-order chi connectivity index (χ1) is 19.5. The predicted octanol–water partition coefficient (Wildman–Crippen LogP) is 6.70. The second kappa shape index (κ2) is 9.90. The van der Waals surface area contributed by atoms with Crippen LogP contribution < -0.4 is 5.32 Å². The lowest BCUT2D eigenvalue weighted by Gasteiger charge is -2.70. The van der Waals surface area contributed by atoms with Gasteiger partial charge in [-0.1, -0.05) is 54.0 Å². The molecule has 6 heteroatoms. The molecule has 0 aromatic heterocycles. The third-order valence-electron chi connectivity index (χ3n) is 14.3. The molecule has 0 aromatic rings.